The van der Waals surface area contributed by atoms with E-state index in [1.807, 2.05) is 0 Å². The molecular weight excluding hydrogens is 388 g/mol. The Labute approximate surface area is 176 Å². The van der Waals surface area contributed by atoms with Crippen LogP contribution in [-0.4, -0.2) is 51.4 Å². The second kappa shape index (κ2) is 10.2. The molecule has 8 nitrogen and oxygen atoms in total. The number of carbonyl (C=O) groups is 3. The number of esters is 2. The smallest absolute Gasteiger partial charge is 0.355 e. The molecular formula is C22H28N2O6. The molecule has 1 aromatic rings. The quantitative estimate of drug-likeness (QED) is 0.582. The molecule has 1 aliphatic carbocycles. The summed E-state index contributed by atoms with van der Waals surface area (Å²) in [5.74, 6) is -1.59. The standard InChI is InChI=1S/C22H28N2O6/c1-28-21(26)17-13-30-14-24(19(17)22(27)29-2)18-12-8-7-11-16(18)20(25)23-15-9-5-3-4-6-10-15/h7-8,11-12,15H,3-6,9-10,13-14H2,1-2H3,(H,23,25). The van der Waals surface area contributed by atoms with Gasteiger partial charge in [-0.1, -0.05) is 37.8 Å². The van der Waals surface area contributed by atoms with Crippen molar-refractivity contribution in [2.75, 3.05) is 32.5 Å². The Kier molecular flexibility index (Phi) is 7.46. The van der Waals surface area contributed by atoms with Crippen LogP contribution in [0, 0.1) is 0 Å². The highest BCUT2D eigenvalue weighted by atomic mass is 16.5. The van der Waals surface area contributed by atoms with E-state index < -0.39 is 11.9 Å². The molecule has 2 aliphatic rings. The SMILES string of the molecule is COC(=O)C1=C(C(=O)OC)N(c2ccccc2C(=O)NC2CCCCCC2)COC1. The van der Waals surface area contributed by atoms with E-state index in [4.69, 9.17) is 14.2 Å². The lowest BCUT2D eigenvalue weighted by Crippen LogP contribution is -2.40. The lowest BCUT2D eigenvalue weighted by atomic mass is 10.1. The molecule has 0 radical (unpaired) electrons. The van der Waals surface area contributed by atoms with Gasteiger partial charge in [-0.05, 0) is 25.0 Å². The number of carbonyl (C=O) groups excluding carboxylic acids is 3. The van der Waals surface area contributed by atoms with Gasteiger partial charge in [0.2, 0.25) is 0 Å². The molecule has 0 spiro atoms. The summed E-state index contributed by atoms with van der Waals surface area (Å²) in [4.78, 5) is 39.3. The number of benzene rings is 1. The molecule has 1 aromatic carbocycles. The van der Waals surface area contributed by atoms with E-state index in [1.165, 1.54) is 32.0 Å². The van der Waals surface area contributed by atoms with E-state index in [2.05, 4.69) is 5.32 Å². The van der Waals surface area contributed by atoms with E-state index >= 15 is 0 Å². The molecule has 0 saturated heterocycles. The molecule has 1 heterocycles. The molecule has 0 atom stereocenters. The lowest BCUT2D eigenvalue weighted by Gasteiger charge is -2.32. The zero-order valence-electron chi connectivity index (χ0n) is 17.4. The number of para-hydroxylation sites is 1. The summed E-state index contributed by atoms with van der Waals surface area (Å²) in [7, 11) is 2.47. The highest BCUT2D eigenvalue weighted by molar-refractivity contribution is 6.06. The average molecular weight is 416 g/mol. The minimum Gasteiger partial charge on any atom is -0.466 e. The van der Waals surface area contributed by atoms with E-state index in [0.29, 0.717) is 11.3 Å². The van der Waals surface area contributed by atoms with Crippen LogP contribution in [0.3, 0.4) is 0 Å². The molecule has 1 saturated carbocycles. The van der Waals surface area contributed by atoms with Crippen molar-refractivity contribution in [3.05, 3.63) is 41.1 Å². The number of nitrogens with one attached hydrogen (secondary N) is 1. The van der Waals surface area contributed by atoms with Gasteiger partial charge in [-0.2, -0.15) is 0 Å². The predicted molar refractivity (Wildman–Crippen MR) is 110 cm³/mol. The first-order valence-electron chi connectivity index (χ1n) is 10.2. The largest absolute Gasteiger partial charge is 0.466 e. The highest BCUT2D eigenvalue weighted by Gasteiger charge is 2.34. The Bertz CT molecular complexity index is 827. The fourth-order valence-electron chi connectivity index (χ4n) is 3.92. The monoisotopic (exact) mass is 416 g/mol. The minimum atomic E-state index is -0.697. The van der Waals surface area contributed by atoms with Crippen LogP contribution in [0.2, 0.25) is 0 Å². The zero-order valence-corrected chi connectivity index (χ0v) is 17.4. The zero-order chi connectivity index (χ0) is 21.5. The fraction of sp³-hybridized carbons (Fsp3) is 0.500. The fourth-order valence-corrected chi connectivity index (χ4v) is 3.92. The Hall–Kier alpha value is -2.87. The summed E-state index contributed by atoms with van der Waals surface area (Å²) >= 11 is 0. The highest BCUT2D eigenvalue weighted by Crippen LogP contribution is 2.30. The van der Waals surface area contributed by atoms with Crippen molar-refractivity contribution in [2.45, 2.75) is 44.6 Å². The van der Waals surface area contributed by atoms with Crippen LogP contribution in [0.4, 0.5) is 5.69 Å². The molecule has 1 fully saturated rings. The van der Waals surface area contributed by atoms with Crippen molar-refractivity contribution >= 4 is 23.5 Å². The van der Waals surface area contributed by atoms with Gasteiger partial charge < -0.3 is 24.4 Å². The van der Waals surface area contributed by atoms with Gasteiger partial charge in [-0.15, -0.1) is 0 Å². The Balaban J connectivity index is 1.95. The first-order chi connectivity index (χ1) is 14.6. The van der Waals surface area contributed by atoms with Crippen LogP contribution in [-0.2, 0) is 23.8 Å². The predicted octanol–water partition coefficient (Wildman–Crippen LogP) is 2.53. The minimum absolute atomic E-state index is 0.00134. The third-order valence-electron chi connectivity index (χ3n) is 5.46. The lowest BCUT2D eigenvalue weighted by molar-refractivity contribution is -0.140. The Morgan fingerprint density at radius 3 is 2.33 bits per heavy atom. The first-order valence-corrected chi connectivity index (χ1v) is 10.2. The van der Waals surface area contributed by atoms with Gasteiger partial charge in [0.05, 0.1) is 37.7 Å². The maximum Gasteiger partial charge on any atom is 0.355 e. The second-order valence-electron chi connectivity index (χ2n) is 7.40. The van der Waals surface area contributed by atoms with E-state index in [1.54, 1.807) is 24.3 Å². The van der Waals surface area contributed by atoms with Crippen LogP contribution in [0.5, 0.6) is 0 Å². The molecule has 0 bridgehead atoms. The molecule has 1 N–H and O–H groups in total. The molecule has 0 aromatic heterocycles. The van der Waals surface area contributed by atoms with Gasteiger partial charge in [0.25, 0.3) is 5.91 Å². The van der Waals surface area contributed by atoms with Gasteiger partial charge in [0, 0.05) is 6.04 Å². The van der Waals surface area contributed by atoms with E-state index in [-0.39, 0.29) is 36.6 Å². The van der Waals surface area contributed by atoms with Crippen LogP contribution in [0.25, 0.3) is 0 Å². The number of methoxy groups -OCH3 is 2. The van der Waals surface area contributed by atoms with Crippen molar-refractivity contribution < 1.29 is 28.6 Å². The van der Waals surface area contributed by atoms with Crippen LogP contribution < -0.4 is 10.2 Å². The molecule has 3 rings (SSSR count). The molecule has 1 aliphatic heterocycles. The number of ether oxygens (including phenoxy) is 3. The first kappa shape index (κ1) is 21.8. The number of rotatable bonds is 5. The summed E-state index contributed by atoms with van der Waals surface area (Å²) in [6, 6.07) is 7.07. The maximum absolute atomic E-state index is 13.1. The average Bonchev–Trinajstić information content (AvgIpc) is 3.06. The van der Waals surface area contributed by atoms with Gasteiger partial charge in [0.15, 0.2) is 0 Å². The van der Waals surface area contributed by atoms with Gasteiger partial charge >= 0.3 is 11.9 Å². The second-order valence-corrected chi connectivity index (χ2v) is 7.40. The molecule has 8 heteroatoms. The summed E-state index contributed by atoms with van der Waals surface area (Å²) in [5.41, 5.74) is 0.933. The summed E-state index contributed by atoms with van der Waals surface area (Å²) < 4.78 is 15.2. The summed E-state index contributed by atoms with van der Waals surface area (Å²) in [5, 5.41) is 3.13. The summed E-state index contributed by atoms with van der Waals surface area (Å²) in [6.07, 6.45) is 6.50. The van der Waals surface area contributed by atoms with Crippen LogP contribution in [0.1, 0.15) is 48.9 Å². The number of hydrogen-bond acceptors (Lipinski definition) is 7. The third-order valence-corrected chi connectivity index (χ3v) is 5.46. The molecule has 30 heavy (non-hydrogen) atoms. The van der Waals surface area contributed by atoms with E-state index in [0.717, 1.165) is 25.7 Å². The van der Waals surface area contributed by atoms with Crippen LogP contribution >= 0.6 is 0 Å². The topological polar surface area (TPSA) is 94.2 Å². The Morgan fingerprint density at radius 2 is 1.67 bits per heavy atom. The van der Waals surface area contributed by atoms with Gasteiger partial charge in [-0.3, -0.25) is 4.79 Å². The van der Waals surface area contributed by atoms with Crippen molar-refractivity contribution in [2.24, 2.45) is 0 Å². The molecule has 1 amide bonds. The Morgan fingerprint density at radius 1 is 1.00 bits per heavy atom. The van der Waals surface area contributed by atoms with Gasteiger partial charge in [0.1, 0.15) is 12.4 Å². The number of nitrogens with zero attached hydrogens (tertiary/aromatic N) is 1. The van der Waals surface area contributed by atoms with E-state index in [9.17, 15) is 14.4 Å². The van der Waals surface area contributed by atoms with Crippen molar-refractivity contribution in [3.8, 4) is 0 Å². The van der Waals surface area contributed by atoms with Crippen LogP contribution in [0.15, 0.2) is 35.5 Å². The molecule has 0 unspecified atom stereocenters. The molecule has 162 valence electrons. The normalized spacial score (nSPS) is 17.9. The number of hydrogen-bond donors (Lipinski definition) is 1. The maximum atomic E-state index is 13.1. The van der Waals surface area contributed by atoms with Crippen molar-refractivity contribution in [1.29, 1.82) is 0 Å². The van der Waals surface area contributed by atoms with Gasteiger partial charge in [-0.25, -0.2) is 9.59 Å². The number of amides is 1. The third kappa shape index (κ3) is 4.81. The number of anilines is 1. The van der Waals surface area contributed by atoms with Crippen molar-refractivity contribution in [3.63, 3.8) is 0 Å². The summed E-state index contributed by atoms with van der Waals surface area (Å²) in [6.45, 7) is -0.0807. The van der Waals surface area contributed by atoms with Crippen molar-refractivity contribution in [1.82, 2.24) is 5.32 Å².